The molecule has 1 amide bonds. The van der Waals surface area contributed by atoms with Crippen LogP contribution in [-0.2, 0) is 16.0 Å². The van der Waals surface area contributed by atoms with Crippen molar-refractivity contribution < 1.29 is 39.2 Å². The first-order chi connectivity index (χ1) is 16.1. The van der Waals surface area contributed by atoms with Crippen molar-refractivity contribution >= 4 is 34.3 Å². The lowest BCUT2D eigenvalue weighted by molar-refractivity contribution is -0.146. The molecule has 0 saturated carbocycles. The molecule has 5 rings (SSSR count). The number of oxazole rings is 1. The predicted molar refractivity (Wildman–Crippen MR) is 115 cm³/mol. The van der Waals surface area contributed by atoms with Gasteiger partial charge in [0, 0.05) is 23.7 Å². The summed E-state index contributed by atoms with van der Waals surface area (Å²) in [5, 5.41) is 45.5. The van der Waals surface area contributed by atoms with E-state index in [4.69, 9.17) is 15.9 Å². The number of hydrogen-bond donors (Lipinski definition) is 7. The van der Waals surface area contributed by atoms with Crippen molar-refractivity contribution in [3.05, 3.63) is 46.3 Å². The van der Waals surface area contributed by atoms with Crippen LogP contribution >= 0.6 is 0 Å². The Balaban J connectivity index is 1.73. The molecule has 34 heavy (non-hydrogen) atoms. The topological polar surface area (TPSA) is 222 Å². The molecule has 1 heterocycles. The number of anilines is 1. The molecule has 9 N–H and O–H groups in total. The highest BCUT2D eigenvalue weighted by Gasteiger charge is 2.62. The van der Waals surface area contributed by atoms with Crippen molar-refractivity contribution in [3.63, 3.8) is 0 Å². The number of nitrogen functional groups attached to an aromatic ring is 1. The number of aliphatic hydroxyl groups is 4. The van der Waals surface area contributed by atoms with Crippen LogP contribution in [0.1, 0.15) is 22.3 Å². The van der Waals surface area contributed by atoms with E-state index in [2.05, 4.69) is 10.3 Å². The van der Waals surface area contributed by atoms with E-state index in [0.29, 0.717) is 16.8 Å². The molecule has 12 heteroatoms. The van der Waals surface area contributed by atoms with E-state index in [-0.39, 0.29) is 42.7 Å². The monoisotopic (exact) mass is 470 g/mol. The minimum atomic E-state index is -2.70. The number of fused-ring (bicyclic) bond motifs is 5. The fraction of sp³-hybridized carbons (Fsp3) is 0.364. The van der Waals surface area contributed by atoms with E-state index in [9.17, 15) is 34.8 Å². The number of primary amides is 1. The van der Waals surface area contributed by atoms with Crippen LogP contribution in [0.25, 0.3) is 11.1 Å². The molecule has 0 radical (unpaired) electrons. The number of carbonyl (C=O) groups excluding carboxylic acids is 3. The summed E-state index contributed by atoms with van der Waals surface area (Å²) in [6, 6.07) is 0.369. The molecule has 0 fully saturated rings. The molecular weight excluding hydrogens is 448 g/mol. The summed E-state index contributed by atoms with van der Waals surface area (Å²) in [5.41, 5.74) is 9.05. The molecule has 0 spiro atoms. The first-order valence-electron chi connectivity index (χ1n) is 10.6. The highest BCUT2D eigenvalue weighted by atomic mass is 16.4. The maximum absolute atomic E-state index is 13.6. The van der Waals surface area contributed by atoms with Crippen molar-refractivity contribution in [2.24, 2.45) is 17.6 Å². The van der Waals surface area contributed by atoms with Gasteiger partial charge in [-0.1, -0.05) is 0 Å². The molecule has 2 aromatic rings. The molecule has 3 aliphatic carbocycles. The first-order valence-corrected chi connectivity index (χ1v) is 10.6. The van der Waals surface area contributed by atoms with Gasteiger partial charge in [0.2, 0.25) is 5.78 Å². The van der Waals surface area contributed by atoms with Crippen molar-refractivity contribution in [1.82, 2.24) is 10.3 Å². The Hall–Kier alpha value is -3.74. The molecule has 3 aliphatic rings. The molecule has 0 aliphatic heterocycles. The third kappa shape index (κ3) is 2.70. The van der Waals surface area contributed by atoms with Gasteiger partial charge in [0.1, 0.15) is 22.6 Å². The fourth-order valence-corrected chi connectivity index (χ4v) is 5.55. The summed E-state index contributed by atoms with van der Waals surface area (Å²) >= 11 is 0. The molecule has 178 valence electrons. The van der Waals surface area contributed by atoms with Gasteiger partial charge in [-0.25, -0.2) is 4.98 Å². The summed E-state index contributed by atoms with van der Waals surface area (Å²) in [6.45, 7) is -0.400. The highest BCUT2D eigenvalue weighted by molar-refractivity contribution is 6.25. The number of ketones is 2. The van der Waals surface area contributed by atoms with Crippen LogP contribution in [0.5, 0.6) is 0 Å². The number of nitrogens with zero attached hydrogens (tertiary/aromatic N) is 1. The van der Waals surface area contributed by atoms with Crippen molar-refractivity contribution in [2.45, 2.75) is 24.5 Å². The largest absolute Gasteiger partial charge is 0.510 e. The van der Waals surface area contributed by atoms with Gasteiger partial charge in [0.25, 0.3) is 5.91 Å². The van der Waals surface area contributed by atoms with Gasteiger partial charge in [-0.05, 0) is 30.4 Å². The van der Waals surface area contributed by atoms with Crippen LogP contribution in [0.2, 0.25) is 0 Å². The number of nitrogens with two attached hydrogens (primary N) is 2. The average molecular weight is 470 g/mol. The number of benzene rings is 1. The minimum Gasteiger partial charge on any atom is -0.510 e. The van der Waals surface area contributed by atoms with Crippen LogP contribution in [0, 0.1) is 11.8 Å². The van der Waals surface area contributed by atoms with Crippen molar-refractivity contribution in [3.8, 4) is 0 Å². The second-order valence-electron chi connectivity index (χ2n) is 8.73. The Bertz CT molecular complexity index is 1340. The standard InChI is InChI=1S/C22H22N4O8/c23-10-5-11-18(34-6-26-11)13-8(10)3-7-4-9-15(25-1-2-27)17(29)14(21(24)32)20(31)22(9,33)19(30)12(7)16(13)28/h5-7,9,15,25,27,29-30,33H,1-4,23H2,(H2,24,32)/t7-,9-,15+,22-/m0/s1. The molecule has 0 unspecified atom stereocenters. The number of aliphatic hydroxyl groups excluding tert-OH is 3. The van der Waals surface area contributed by atoms with Crippen LogP contribution < -0.4 is 16.8 Å². The van der Waals surface area contributed by atoms with Gasteiger partial charge in [-0.15, -0.1) is 0 Å². The van der Waals surface area contributed by atoms with E-state index >= 15 is 0 Å². The van der Waals surface area contributed by atoms with Gasteiger partial charge in [-0.3, -0.25) is 14.4 Å². The smallest absolute Gasteiger partial charge is 0.255 e. The van der Waals surface area contributed by atoms with Gasteiger partial charge in [0.05, 0.1) is 18.2 Å². The fourth-order valence-electron chi connectivity index (χ4n) is 5.55. The second kappa shape index (κ2) is 7.38. The number of allylic oxidation sites excluding steroid dienone is 1. The summed E-state index contributed by atoms with van der Waals surface area (Å²) in [5.74, 6) is -6.73. The average Bonchev–Trinajstić information content (AvgIpc) is 3.24. The summed E-state index contributed by atoms with van der Waals surface area (Å²) < 4.78 is 5.38. The molecule has 4 atom stereocenters. The zero-order chi connectivity index (χ0) is 24.5. The maximum atomic E-state index is 13.6. The number of amides is 1. The van der Waals surface area contributed by atoms with Gasteiger partial charge >= 0.3 is 0 Å². The lowest BCUT2D eigenvalue weighted by atomic mass is 9.58. The third-order valence-corrected chi connectivity index (χ3v) is 7.03. The van der Waals surface area contributed by atoms with E-state index in [0.717, 1.165) is 6.39 Å². The zero-order valence-electron chi connectivity index (χ0n) is 17.7. The van der Waals surface area contributed by atoms with Gasteiger partial charge < -0.3 is 41.6 Å². The highest BCUT2D eigenvalue weighted by Crippen LogP contribution is 2.51. The Labute approximate surface area is 191 Å². The first kappa shape index (κ1) is 22.1. The van der Waals surface area contributed by atoms with E-state index in [1.807, 2.05) is 0 Å². The Morgan fingerprint density at radius 2 is 2.06 bits per heavy atom. The lowest BCUT2D eigenvalue weighted by Gasteiger charge is -2.48. The Morgan fingerprint density at radius 1 is 1.32 bits per heavy atom. The number of carbonyl (C=O) groups is 3. The third-order valence-electron chi connectivity index (χ3n) is 7.03. The van der Waals surface area contributed by atoms with Crippen LogP contribution in [0.15, 0.2) is 39.5 Å². The normalized spacial score (nSPS) is 28.7. The number of aromatic nitrogens is 1. The molecule has 0 bridgehead atoms. The second-order valence-corrected chi connectivity index (χ2v) is 8.73. The van der Waals surface area contributed by atoms with E-state index in [1.54, 1.807) is 6.07 Å². The molecule has 0 saturated heterocycles. The Morgan fingerprint density at radius 3 is 2.74 bits per heavy atom. The zero-order valence-corrected chi connectivity index (χ0v) is 17.7. The van der Waals surface area contributed by atoms with Crippen LogP contribution in [0.4, 0.5) is 5.69 Å². The molecular formula is C22H22N4O8. The summed E-state index contributed by atoms with van der Waals surface area (Å²) in [6.07, 6.45) is 1.31. The lowest BCUT2D eigenvalue weighted by Crippen LogP contribution is -2.64. The van der Waals surface area contributed by atoms with Gasteiger partial charge in [0.15, 0.2) is 23.4 Å². The summed E-state index contributed by atoms with van der Waals surface area (Å²) in [4.78, 5) is 42.8. The minimum absolute atomic E-state index is 0.0279. The number of hydrogen-bond acceptors (Lipinski definition) is 11. The maximum Gasteiger partial charge on any atom is 0.255 e. The van der Waals surface area contributed by atoms with Crippen molar-refractivity contribution in [1.29, 1.82) is 0 Å². The number of rotatable bonds is 4. The number of nitrogens with one attached hydrogen (secondary N) is 1. The van der Waals surface area contributed by atoms with Gasteiger partial charge in [-0.2, -0.15) is 0 Å². The molecule has 1 aromatic carbocycles. The molecule has 12 nitrogen and oxygen atoms in total. The van der Waals surface area contributed by atoms with E-state index < -0.39 is 58.0 Å². The SMILES string of the molecule is NC(=O)C1=C(O)[C@H](NCCO)[C@@H]2C[C@@H]3Cc4c(N)cc5ncoc5c4C(=O)C3=C(O)[C@]2(O)C1=O. The van der Waals surface area contributed by atoms with Crippen molar-refractivity contribution in [2.75, 3.05) is 18.9 Å². The number of Topliss-reactive ketones (excluding diaryl/α,β-unsaturated/α-hetero) is 2. The van der Waals surface area contributed by atoms with Crippen LogP contribution in [-0.4, -0.2) is 67.7 Å². The predicted octanol–water partition coefficient (Wildman–Crippen LogP) is -0.841. The Kier molecular flexibility index (Phi) is 4.79. The summed E-state index contributed by atoms with van der Waals surface area (Å²) in [7, 11) is 0. The molecule has 1 aromatic heterocycles. The van der Waals surface area contributed by atoms with Crippen LogP contribution in [0.3, 0.4) is 0 Å². The van der Waals surface area contributed by atoms with E-state index in [1.165, 1.54) is 0 Å². The quantitative estimate of drug-likeness (QED) is 0.215.